The summed E-state index contributed by atoms with van der Waals surface area (Å²) in [6.07, 6.45) is 2.40. The highest BCUT2D eigenvalue weighted by Crippen LogP contribution is 2.36. The lowest BCUT2D eigenvalue weighted by Gasteiger charge is -2.18. The zero-order chi connectivity index (χ0) is 32.2. The maximum Gasteiger partial charge on any atom is 0.248 e. The molecule has 0 radical (unpaired) electrons. The maximum atomic E-state index is 13.5. The standard InChI is InChI=1S/C31H31ClFN5O4/c1-38(2)11-4-7-30(39)37-27-15-24-26(16-29(27)42-23-10-12-40-18-23)34-19-35-31(24)36-22-8-9-28(25(32)14-22)41-17-20-5-3-6-21(33)13-20/h3-9,13-16,19,23H,10-12,17-18H2,1-2H3,(H,37,39)(H,34,35,36)/b7-4+/i12D2,23D. The summed E-state index contributed by atoms with van der Waals surface area (Å²) < 4.78 is 54.7. The van der Waals surface area contributed by atoms with Crippen LogP contribution in [-0.4, -0.2) is 60.7 Å². The molecule has 2 heterocycles. The van der Waals surface area contributed by atoms with Crippen molar-refractivity contribution >= 4 is 45.6 Å². The van der Waals surface area contributed by atoms with Crippen LogP contribution in [0.5, 0.6) is 11.5 Å². The topological polar surface area (TPSA) is 97.8 Å². The monoisotopic (exact) mass is 594 g/mol. The summed E-state index contributed by atoms with van der Waals surface area (Å²) in [5, 5.41) is 6.86. The van der Waals surface area contributed by atoms with E-state index in [4.69, 9.17) is 29.9 Å². The van der Waals surface area contributed by atoms with E-state index in [1.165, 1.54) is 24.5 Å². The second-order valence-electron chi connectivity index (χ2n) is 9.68. The number of amides is 1. The van der Waals surface area contributed by atoms with Gasteiger partial charge in [0, 0.05) is 36.2 Å². The largest absolute Gasteiger partial charge is 0.487 e. The maximum absolute atomic E-state index is 13.5. The fraction of sp³-hybridized carbons (Fsp3) is 0.258. The Labute approximate surface area is 252 Å². The number of benzene rings is 3. The number of likely N-dealkylation sites (N-methyl/N-ethyl adjacent to an activating group) is 1. The molecule has 2 N–H and O–H groups in total. The number of fused-ring (bicyclic) bond motifs is 1. The Kier molecular flexibility index (Phi) is 8.25. The van der Waals surface area contributed by atoms with E-state index >= 15 is 0 Å². The second kappa shape index (κ2) is 13.6. The van der Waals surface area contributed by atoms with Crippen molar-refractivity contribution in [1.29, 1.82) is 0 Å². The van der Waals surface area contributed by atoms with Gasteiger partial charge in [-0.3, -0.25) is 4.79 Å². The van der Waals surface area contributed by atoms with E-state index in [2.05, 4.69) is 20.6 Å². The molecule has 1 saturated heterocycles. The van der Waals surface area contributed by atoms with E-state index in [0.29, 0.717) is 45.3 Å². The Bertz CT molecular complexity index is 1750. The van der Waals surface area contributed by atoms with Crippen molar-refractivity contribution in [2.24, 2.45) is 0 Å². The first-order valence-electron chi connectivity index (χ1n) is 14.6. The van der Waals surface area contributed by atoms with E-state index in [1.807, 2.05) is 19.0 Å². The lowest BCUT2D eigenvalue weighted by atomic mass is 10.1. The first-order valence-corrected chi connectivity index (χ1v) is 13.4. The van der Waals surface area contributed by atoms with Gasteiger partial charge in [-0.15, -0.1) is 0 Å². The van der Waals surface area contributed by atoms with Crippen LogP contribution in [0.25, 0.3) is 10.9 Å². The third kappa shape index (κ3) is 7.73. The van der Waals surface area contributed by atoms with Gasteiger partial charge in [0.1, 0.15) is 42.1 Å². The predicted molar refractivity (Wildman–Crippen MR) is 161 cm³/mol. The summed E-state index contributed by atoms with van der Waals surface area (Å²) in [5.41, 5.74) is 1.93. The van der Waals surface area contributed by atoms with Crippen molar-refractivity contribution < 1.29 is 27.5 Å². The molecule has 42 heavy (non-hydrogen) atoms. The highest BCUT2D eigenvalue weighted by atomic mass is 35.5. The quantitative estimate of drug-likeness (QED) is 0.205. The molecule has 218 valence electrons. The smallest absolute Gasteiger partial charge is 0.248 e. The van der Waals surface area contributed by atoms with Crippen LogP contribution in [0.2, 0.25) is 5.02 Å². The molecule has 1 aliphatic heterocycles. The molecule has 4 aromatic rings. The molecule has 0 saturated carbocycles. The fourth-order valence-corrected chi connectivity index (χ4v) is 4.30. The molecule has 1 aromatic heterocycles. The summed E-state index contributed by atoms with van der Waals surface area (Å²) in [5.74, 6) is 0.162. The van der Waals surface area contributed by atoms with E-state index in [-0.39, 0.29) is 36.9 Å². The van der Waals surface area contributed by atoms with Gasteiger partial charge in [0.2, 0.25) is 5.91 Å². The van der Waals surface area contributed by atoms with Crippen LogP contribution < -0.4 is 20.1 Å². The van der Waals surface area contributed by atoms with Crippen LogP contribution in [0, 0.1) is 5.82 Å². The Balaban J connectivity index is 1.41. The molecule has 0 aliphatic carbocycles. The number of hydrogen-bond donors (Lipinski definition) is 2. The van der Waals surface area contributed by atoms with Crippen LogP contribution >= 0.6 is 11.6 Å². The van der Waals surface area contributed by atoms with Crippen LogP contribution in [0.15, 0.2) is 73.1 Å². The van der Waals surface area contributed by atoms with Crippen LogP contribution in [0.1, 0.15) is 16.1 Å². The number of carbonyl (C=O) groups is 1. The van der Waals surface area contributed by atoms with Gasteiger partial charge in [-0.25, -0.2) is 14.4 Å². The Morgan fingerprint density at radius 1 is 1.24 bits per heavy atom. The van der Waals surface area contributed by atoms with Crippen molar-refractivity contribution in [2.75, 3.05) is 44.4 Å². The Morgan fingerprint density at radius 3 is 2.88 bits per heavy atom. The van der Waals surface area contributed by atoms with Crippen molar-refractivity contribution in [1.82, 2.24) is 14.9 Å². The van der Waals surface area contributed by atoms with Gasteiger partial charge in [-0.05, 0) is 56.1 Å². The third-order valence-corrected chi connectivity index (χ3v) is 6.37. The molecular weight excluding hydrogens is 561 g/mol. The van der Waals surface area contributed by atoms with E-state index in [9.17, 15) is 9.18 Å². The summed E-state index contributed by atoms with van der Waals surface area (Å²) in [7, 11) is 3.76. The molecule has 1 fully saturated rings. The summed E-state index contributed by atoms with van der Waals surface area (Å²) in [6.45, 7) is -1.62. The van der Waals surface area contributed by atoms with Crippen LogP contribution in [-0.2, 0) is 16.1 Å². The molecule has 0 spiro atoms. The third-order valence-electron chi connectivity index (χ3n) is 6.07. The molecule has 11 heteroatoms. The molecule has 1 amide bonds. The number of nitrogens with zero attached hydrogens (tertiary/aromatic N) is 3. The molecule has 1 aliphatic rings. The number of nitrogens with one attached hydrogen (secondary N) is 2. The van der Waals surface area contributed by atoms with Crippen molar-refractivity contribution in [2.45, 2.75) is 19.1 Å². The lowest BCUT2D eigenvalue weighted by molar-refractivity contribution is -0.111. The SMILES string of the molecule is [2H]C1([2H])CC([2H])(Oc2cc3ncnc(Nc4ccc(OCc5cccc(F)c5)c(Cl)c4)c3cc2NC(=O)/C=C/CN(C)C)CO1. The van der Waals surface area contributed by atoms with Crippen LogP contribution in [0.3, 0.4) is 0 Å². The summed E-state index contributed by atoms with van der Waals surface area (Å²) >= 11 is 6.49. The molecule has 1 unspecified atom stereocenters. The van der Waals surface area contributed by atoms with Gasteiger partial charge in [0.15, 0.2) is 0 Å². The minimum Gasteiger partial charge on any atom is -0.487 e. The van der Waals surface area contributed by atoms with Crippen LogP contribution in [0.4, 0.5) is 21.6 Å². The average Bonchev–Trinajstić information content (AvgIpc) is 3.25. The summed E-state index contributed by atoms with van der Waals surface area (Å²) in [6, 6.07) is 14.4. The fourth-order valence-electron chi connectivity index (χ4n) is 4.07. The van der Waals surface area contributed by atoms with E-state index < -0.39 is 18.5 Å². The predicted octanol–water partition coefficient (Wildman–Crippen LogP) is 5.97. The first-order chi connectivity index (χ1) is 21.4. The van der Waals surface area contributed by atoms with E-state index in [0.717, 1.165) is 0 Å². The van der Waals surface area contributed by atoms with E-state index in [1.54, 1.807) is 48.5 Å². The number of anilines is 3. The number of aromatic nitrogens is 2. The first kappa shape index (κ1) is 25.5. The van der Waals surface area contributed by atoms with Gasteiger partial charge in [0.25, 0.3) is 0 Å². The Morgan fingerprint density at radius 2 is 2.12 bits per heavy atom. The molecule has 3 aromatic carbocycles. The molecule has 9 nitrogen and oxygen atoms in total. The minimum atomic E-state index is -2.02. The van der Waals surface area contributed by atoms with Gasteiger partial charge in [-0.1, -0.05) is 29.8 Å². The molecular formula is C31H31ClFN5O4. The van der Waals surface area contributed by atoms with Gasteiger partial charge < -0.3 is 29.7 Å². The average molecular weight is 595 g/mol. The van der Waals surface area contributed by atoms with Crippen molar-refractivity contribution in [3.8, 4) is 11.5 Å². The second-order valence-corrected chi connectivity index (χ2v) is 10.1. The number of halogens is 2. The highest BCUT2D eigenvalue weighted by Gasteiger charge is 2.21. The van der Waals surface area contributed by atoms with Gasteiger partial charge in [-0.2, -0.15) is 0 Å². The number of rotatable bonds is 11. The van der Waals surface area contributed by atoms with Crippen molar-refractivity contribution in [3.05, 3.63) is 89.5 Å². The lowest BCUT2D eigenvalue weighted by Crippen LogP contribution is -2.18. The molecule has 0 bridgehead atoms. The van der Waals surface area contributed by atoms with Gasteiger partial charge in [0.05, 0.1) is 33.5 Å². The normalized spacial score (nSPS) is 18.9. The molecule has 1 atom stereocenters. The number of carbonyl (C=O) groups excluding carboxylic acids is 1. The summed E-state index contributed by atoms with van der Waals surface area (Å²) in [4.78, 5) is 23.4. The van der Waals surface area contributed by atoms with Crippen molar-refractivity contribution in [3.63, 3.8) is 0 Å². The zero-order valence-electron chi connectivity index (χ0n) is 26.0. The zero-order valence-corrected chi connectivity index (χ0v) is 23.7. The minimum absolute atomic E-state index is 0.126. The highest BCUT2D eigenvalue weighted by molar-refractivity contribution is 6.32. The Hall–Kier alpha value is -4.25. The number of ether oxygens (including phenoxy) is 3. The number of hydrogen-bond acceptors (Lipinski definition) is 8. The van der Waals surface area contributed by atoms with Gasteiger partial charge >= 0.3 is 0 Å². The molecule has 5 rings (SSSR count).